The normalized spacial score (nSPS) is 11.4. The quantitative estimate of drug-likeness (QED) is 0.451. The highest BCUT2D eigenvalue weighted by Crippen LogP contribution is 2.28. The van der Waals surface area contributed by atoms with E-state index in [4.69, 9.17) is 0 Å². The van der Waals surface area contributed by atoms with E-state index in [9.17, 15) is 9.59 Å². The molecule has 0 amide bonds. The number of anilines is 4. The number of benzene rings is 2. The van der Waals surface area contributed by atoms with E-state index in [1.165, 1.54) is 0 Å². The molecule has 0 atom stereocenters. The second kappa shape index (κ2) is 6.65. The maximum absolute atomic E-state index is 12.2. The highest BCUT2D eigenvalue weighted by Gasteiger charge is 2.23. The third-order valence-electron chi connectivity index (χ3n) is 4.28. The largest absolute Gasteiger partial charge is 0.350 e. The van der Waals surface area contributed by atoms with Gasteiger partial charge in [0.15, 0.2) is 0 Å². The van der Waals surface area contributed by atoms with Crippen LogP contribution in [0.2, 0.25) is 0 Å². The topological polar surface area (TPSA) is 103 Å². The molecule has 0 aliphatic rings. The highest BCUT2D eigenvalue weighted by molar-refractivity contribution is 5.92. The van der Waals surface area contributed by atoms with Gasteiger partial charge in [0, 0.05) is 12.2 Å². The van der Waals surface area contributed by atoms with E-state index >= 15 is 0 Å². The number of nitrogens with zero attached hydrogens (tertiary/aromatic N) is 3. The minimum atomic E-state index is -0.553. The molecular weight excluding hydrogens is 344 g/mol. The summed E-state index contributed by atoms with van der Waals surface area (Å²) in [7, 11) is 3.94. The predicted molar refractivity (Wildman–Crippen MR) is 106 cm³/mol. The molecule has 4 aromatic rings. The summed E-state index contributed by atoms with van der Waals surface area (Å²) in [6, 6.07) is 13.1. The number of aromatic nitrogens is 3. The number of hydrogen-bond donors (Lipinski definition) is 3. The fourth-order valence-electron chi connectivity index (χ4n) is 2.99. The second-order valence-electron chi connectivity index (χ2n) is 6.55. The van der Waals surface area contributed by atoms with Gasteiger partial charge in [0.05, 0.1) is 5.69 Å². The van der Waals surface area contributed by atoms with Crippen molar-refractivity contribution in [2.45, 2.75) is 6.54 Å². The molecular formula is C19H18N6O2. The number of hydrogen-bond acceptors (Lipinski definition) is 7. The molecule has 1 heterocycles. The van der Waals surface area contributed by atoms with Crippen molar-refractivity contribution in [2.75, 3.05) is 24.7 Å². The number of fused-ring (bicyclic) bond motifs is 1. The van der Waals surface area contributed by atoms with Gasteiger partial charge in [0.2, 0.25) is 0 Å². The molecule has 3 aromatic carbocycles. The van der Waals surface area contributed by atoms with Gasteiger partial charge in [-0.05, 0) is 37.9 Å². The summed E-state index contributed by atoms with van der Waals surface area (Å²) >= 11 is 0. The van der Waals surface area contributed by atoms with Crippen LogP contribution in [-0.2, 0) is 6.54 Å². The van der Waals surface area contributed by atoms with Gasteiger partial charge in [-0.2, -0.15) is 15.4 Å². The third kappa shape index (κ3) is 3.06. The van der Waals surface area contributed by atoms with Gasteiger partial charge in [-0.15, -0.1) is 0 Å². The number of nitrogens with one attached hydrogen (secondary N) is 3. The number of H-pyrrole nitrogens is 1. The van der Waals surface area contributed by atoms with E-state index in [2.05, 4.69) is 26.0 Å². The monoisotopic (exact) mass is 362 g/mol. The Hall–Kier alpha value is -3.52. The van der Waals surface area contributed by atoms with Crippen molar-refractivity contribution in [2.24, 2.45) is 0 Å². The van der Waals surface area contributed by atoms with Crippen LogP contribution in [0.4, 0.5) is 22.7 Å². The van der Waals surface area contributed by atoms with Crippen molar-refractivity contribution < 1.29 is 0 Å². The maximum atomic E-state index is 12.2. The molecule has 4 rings (SSSR count). The standard InChI is InChI=1S/C19H18N6O2/c1-25(2)10-11-6-3-4-7-12(11)20-16-17(19(27)18(16)26)21-13-8-5-9-14-15(13)23-24-22-14/h3-9,20-21H,10H2,1-2H3,(H,22,23,24). The lowest BCUT2D eigenvalue weighted by atomic mass is 10.1. The fourth-order valence-corrected chi connectivity index (χ4v) is 2.99. The van der Waals surface area contributed by atoms with Crippen molar-refractivity contribution >= 4 is 33.8 Å². The van der Waals surface area contributed by atoms with Crippen molar-refractivity contribution in [1.82, 2.24) is 20.3 Å². The summed E-state index contributed by atoms with van der Waals surface area (Å²) < 4.78 is 0. The first-order valence-corrected chi connectivity index (χ1v) is 8.44. The molecule has 0 radical (unpaired) electrons. The Morgan fingerprint density at radius 1 is 0.889 bits per heavy atom. The van der Waals surface area contributed by atoms with Crippen LogP contribution in [0.15, 0.2) is 52.1 Å². The van der Waals surface area contributed by atoms with Gasteiger partial charge < -0.3 is 15.5 Å². The molecule has 136 valence electrons. The van der Waals surface area contributed by atoms with Crippen LogP contribution in [-0.4, -0.2) is 34.4 Å². The maximum Gasteiger partial charge on any atom is 0.253 e. The van der Waals surface area contributed by atoms with Crippen molar-refractivity contribution in [3.8, 4) is 0 Å². The lowest BCUT2D eigenvalue weighted by Crippen LogP contribution is -2.36. The van der Waals surface area contributed by atoms with Crippen LogP contribution in [0, 0.1) is 0 Å². The molecule has 27 heavy (non-hydrogen) atoms. The highest BCUT2D eigenvalue weighted by atomic mass is 16.2. The van der Waals surface area contributed by atoms with Crippen LogP contribution >= 0.6 is 0 Å². The molecule has 0 unspecified atom stereocenters. The molecule has 8 nitrogen and oxygen atoms in total. The summed E-state index contributed by atoms with van der Waals surface area (Å²) in [5, 5.41) is 16.8. The number of aromatic amines is 1. The van der Waals surface area contributed by atoms with E-state index in [0.29, 0.717) is 23.3 Å². The van der Waals surface area contributed by atoms with Crippen molar-refractivity contribution in [1.29, 1.82) is 0 Å². The Bertz CT molecular complexity index is 1190. The molecule has 1 aromatic heterocycles. The van der Waals surface area contributed by atoms with Crippen LogP contribution in [0.1, 0.15) is 5.56 Å². The van der Waals surface area contributed by atoms with Gasteiger partial charge in [0.25, 0.3) is 10.9 Å². The van der Waals surface area contributed by atoms with E-state index in [0.717, 1.165) is 11.3 Å². The predicted octanol–water partition coefficient (Wildman–Crippen LogP) is 2.10. The van der Waals surface area contributed by atoms with E-state index in [-0.39, 0.29) is 11.4 Å². The average Bonchev–Trinajstić information content (AvgIpc) is 3.14. The van der Waals surface area contributed by atoms with Crippen LogP contribution in [0.25, 0.3) is 11.0 Å². The number of para-hydroxylation sites is 2. The Kier molecular flexibility index (Phi) is 4.17. The zero-order valence-electron chi connectivity index (χ0n) is 14.9. The lowest BCUT2D eigenvalue weighted by molar-refractivity contribution is 0.403. The SMILES string of the molecule is CN(C)Cc1ccccc1Nc1c(Nc2cccc3n[nH]nc23)c(=O)c1=O. The van der Waals surface area contributed by atoms with Gasteiger partial charge in [-0.25, -0.2) is 0 Å². The van der Waals surface area contributed by atoms with Crippen LogP contribution in [0.3, 0.4) is 0 Å². The Labute approximate surface area is 154 Å². The summed E-state index contributed by atoms with van der Waals surface area (Å²) in [6.45, 7) is 0.708. The zero-order valence-corrected chi connectivity index (χ0v) is 14.9. The summed E-state index contributed by atoms with van der Waals surface area (Å²) in [5.74, 6) is 0. The smallest absolute Gasteiger partial charge is 0.253 e. The second-order valence-corrected chi connectivity index (χ2v) is 6.55. The molecule has 0 spiro atoms. The summed E-state index contributed by atoms with van der Waals surface area (Å²) in [6.07, 6.45) is 0. The molecule has 0 saturated carbocycles. The zero-order chi connectivity index (χ0) is 19.0. The molecule has 8 heteroatoms. The Morgan fingerprint density at radius 2 is 1.56 bits per heavy atom. The molecule has 0 fully saturated rings. The minimum absolute atomic E-state index is 0.232. The van der Waals surface area contributed by atoms with E-state index in [1.54, 1.807) is 12.1 Å². The Balaban J connectivity index is 1.67. The van der Waals surface area contributed by atoms with Gasteiger partial charge in [-0.1, -0.05) is 24.3 Å². The van der Waals surface area contributed by atoms with Crippen LogP contribution in [0.5, 0.6) is 0 Å². The van der Waals surface area contributed by atoms with Crippen LogP contribution < -0.4 is 21.5 Å². The lowest BCUT2D eigenvalue weighted by Gasteiger charge is -2.18. The first-order chi connectivity index (χ1) is 13.0. The molecule has 0 aliphatic carbocycles. The average molecular weight is 362 g/mol. The summed E-state index contributed by atoms with van der Waals surface area (Å²) in [4.78, 5) is 26.3. The van der Waals surface area contributed by atoms with Gasteiger partial charge >= 0.3 is 0 Å². The molecule has 0 bridgehead atoms. The third-order valence-corrected chi connectivity index (χ3v) is 4.28. The summed E-state index contributed by atoms with van der Waals surface area (Å²) in [5.41, 5.74) is 3.10. The van der Waals surface area contributed by atoms with E-state index in [1.807, 2.05) is 49.3 Å². The fraction of sp³-hybridized carbons (Fsp3) is 0.158. The molecule has 0 saturated heterocycles. The first-order valence-electron chi connectivity index (χ1n) is 8.44. The van der Waals surface area contributed by atoms with Crippen molar-refractivity contribution in [3.05, 3.63) is 68.5 Å². The minimum Gasteiger partial charge on any atom is -0.350 e. The van der Waals surface area contributed by atoms with Crippen molar-refractivity contribution in [3.63, 3.8) is 0 Å². The van der Waals surface area contributed by atoms with E-state index < -0.39 is 10.9 Å². The first kappa shape index (κ1) is 16.9. The molecule has 0 aliphatic heterocycles. The Morgan fingerprint density at radius 3 is 2.30 bits per heavy atom. The van der Waals surface area contributed by atoms with Gasteiger partial charge in [0.1, 0.15) is 22.4 Å². The van der Waals surface area contributed by atoms with Gasteiger partial charge in [-0.3, -0.25) is 9.59 Å². The number of rotatable bonds is 6. The molecule has 3 N–H and O–H groups in total.